The second kappa shape index (κ2) is 9.26. The van der Waals surface area contributed by atoms with E-state index in [0.29, 0.717) is 33.8 Å². The van der Waals surface area contributed by atoms with Crippen LogP contribution in [0.15, 0.2) is 69.6 Å². The van der Waals surface area contributed by atoms with E-state index in [1.54, 1.807) is 19.2 Å². The SMILES string of the molecule is COc1cc(C(=O)Nc2cccc(Br)c2)cc(Br)c1OCc1ccc(C)cc1. The van der Waals surface area contributed by atoms with E-state index >= 15 is 0 Å². The molecule has 144 valence electrons. The number of anilines is 1. The van der Waals surface area contributed by atoms with Gasteiger partial charge in [0, 0.05) is 15.7 Å². The standard InChI is InChI=1S/C22H19Br2NO3/c1-14-6-8-15(9-7-14)13-28-21-19(24)10-16(11-20(21)27-2)22(26)25-18-5-3-4-17(23)12-18/h3-12H,13H2,1-2H3,(H,25,26). The van der Waals surface area contributed by atoms with Crippen LogP contribution in [-0.2, 0) is 6.61 Å². The van der Waals surface area contributed by atoms with E-state index in [4.69, 9.17) is 9.47 Å². The van der Waals surface area contributed by atoms with Crippen LogP contribution in [-0.4, -0.2) is 13.0 Å². The van der Waals surface area contributed by atoms with Gasteiger partial charge in [-0.3, -0.25) is 4.79 Å². The second-order valence-corrected chi connectivity index (χ2v) is 8.00. The number of hydrogen-bond acceptors (Lipinski definition) is 3. The fraction of sp³-hybridized carbons (Fsp3) is 0.136. The lowest BCUT2D eigenvalue weighted by Crippen LogP contribution is -2.12. The summed E-state index contributed by atoms with van der Waals surface area (Å²) in [6.45, 7) is 2.45. The average Bonchev–Trinajstić information content (AvgIpc) is 2.67. The molecule has 3 aromatic carbocycles. The van der Waals surface area contributed by atoms with Gasteiger partial charge in [0.1, 0.15) is 6.61 Å². The van der Waals surface area contributed by atoms with E-state index < -0.39 is 0 Å². The zero-order chi connectivity index (χ0) is 20.1. The summed E-state index contributed by atoms with van der Waals surface area (Å²) in [5.74, 6) is 0.810. The molecule has 28 heavy (non-hydrogen) atoms. The molecule has 0 spiro atoms. The van der Waals surface area contributed by atoms with Crippen molar-refractivity contribution in [3.63, 3.8) is 0 Å². The van der Waals surface area contributed by atoms with Crippen LogP contribution in [0.1, 0.15) is 21.5 Å². The van der Waals surface area contributed by atoms with Crippen molar-refractivity contribution in [3.8, 4) is 11.5 Å². The number of carbonyl (C=O) groups excluding carboxylic acids is 1. The summed E-state index contributed by atoms with van der Waals surface area (Å²) < 4.78 is 12.9. The molecule has 0 bridgehead atoms. The molecule has 1 N–H and O–H groups in total. The summed E-state index contributed by atoms with van der Waals surface area (Å²) in [7, 11) is 1.55. The number of amides is 1. The molecule has 0 heterocycles. The van der Waals surface area contributed by atoms with Gasteiger partial charge in [0.2, 0.25) is 0 Å². The Morgan fingerprint density at radius 2 is 1.79 bits per heavy atom. The molecule has 0 radical (unpaired) electrons. The number of nitrogens with one attached hydrogen (secondary N) is 1. The van der Waals surface area contributed by atoms with Gasteiger partial charge < -0.3 is 14.8 Å². The minimum atomic E-state index is -0.234. The first-order valence-corrected chi connectivity index (χ1v) is 10.2. The number of aryl methyl sites for hydroxylation is 1. The van der Waals surface area contributed by atoms with Crippen molar-refractivity contribution in [1.82, 2.24) is 0 Å². The first-order valence-electron chi connectivity index (χ1n) is 8.59. The normalized spacial score (nSPS) is 10.4. The molecule has 1 amide bonds. The van der Waals surface area contributed by atoms with Crippen LogP contribution in [0.5, 0.6) is 11.5 Å². The van der Waals surface area contributed by atoms with E-state index in [2.05, 4.69) is 37.2 Å². The monoisotopic (exact) mass is 503 g/mol. The molecule has 3 aromatic rings. The summed E-state index contributed by atoms with van der Waals surface area (Å²) >= 11 is 6.89. The van der Waals surface area contributed by atoms with Crippen molar-refractivity contribution in [2.45, 2.75) is 13.5 Å². The molecular weight excluding hydrogens is 486 g/mol. The molecule has 0 atom stereocenters. The van der Waals surface area contributed by atoms with Crippen LogP contribution in [0.2, 0.25) is 0 Å². The van der Waals surface area contributed by atoms with Gasteiger partial charge in [-0.1, -0.05) is 51.8 Å². The highest BCUT2D eigenvalue weighted by molar-refractivity contribution is 9.10. The van der Waals surface area contributed by atoms with Gasteiger partial charge >= 0.3 is 0 Å². The van der Waals surface area contributed by atoms with Gasteiger partial charge in [0.25, 0.3) is 5.91 Å². The Kier molecular flexibility index (Phi) is 6.75. The molecule has 0 saturated carbocycles. The van der Waals surface area contributed by atoms with Gasteiger partial charge in [0.05, 0.1) is 11.6 Å². The lowest BCUT2D eigenvalue weighted by Gasteiger charge is -2.15. The molecule has 0 aromatic heterocycles. The van der Waals surface area contributed by atoms with Crippen LogP contribution in [0, 0.1) is 6.92 Å². The molecule has 4 nitrogen and oxygen atoms in total. The number of hydrogen-bond donors (Lipinski definition) is 1. The van der Waals surface area contributed by atoms with Crippen molar-refractivity contribution in [2.24, 2.45) is 0 Å². The number of benzene rings is 3. The lowest BCUT2D eigenvalue weighted by molar-refractivity contribution is 0.102. The molecule has 0 aliphatic rings. The quantitative estimate of drug-likeness (QED) is 0.424. The maximum atomic E-state index is 12.6. The largest absolute Gasteiger partial charge is 0.493 e. The summed E-state index contributed by atoms with van der Waals surface area (Å²) in [4.78, 5) is 12.6. The van der Waals surface area contributed by atoms with Gasteiger partial charge in [-0.15, -0.1) is 0 Å². The van der Waals surface area contributed by atoms with Crippen LogP contribution in [0.4, 0.5) is 5.69 Å². The fourth-order valence-corrected chi connectivity index (χ4v) is 3.56. The predicted molar refractivity (Wildman–Crippen MR) is 118 cm³/mol. The van der Waals surface area contributed by atoms with Crippen LogP contribution in [0.25, 0.3) is 0 Å². The van der Waals surface area contributed by atoms with Gasteiger partial charge in [-0.05, 0) is 58.7 Å². The fourth-order valence-electron chi connectivity index (χ4n) is 2.60. The summed E-state index contributed by atoms with van der Waals surface area (Å²) in [5, 5.41) is 2.87. The maximum Gasteiger partial charge on any atom is 0.255 e. The second-order valence-electron chi connectivity index (χ2n) is 6.23. The highest BCUT2D eigenvalue weighted by Gasteiger charge is 2.16. The molecule has 3 rings (SSSR count). The van der Waals surface area contributed by atoms with E-state index in [9.17, 15) is 4.79 Å². The first kappa shape index (κ1) is 20.4. The third-order valence-electron chi connectivity index (χ3n) is 4.08. The maximum absolute atomic E-state index is 12.6. The summed E-state index contributed by atoms with van der Waals surface area (Å²) in [6, 6.07) is 18.9. The van der Waals surface area contributed by atoms with Gasteiger partial charge in [0.15, 0.2) is 11.5 Å². The van der Waals surface area contributed by atoms with Crippen molar-refractivity contribution in [2.75, 3.05) is 12.4 Å². The smallest absolute Gasteiger partial charge is 0.255 e. The Hall–Kier alpha value is -2.31. The minimum absolute atomic E-state index is 0.234. The third-order valence-corrected chi connectivity index (χ3v) is 5.16. The van der Waals surface area contributed by atoms with Crippen molar-refractivity contribution in [1.29, 1.82) is 0 Å². The van der Waals surface area contributed by atoms with Crippen LogP contribution < -0.4 is 14.8 Å². The number of halogens is 2. The number of carbonyl (C=O) groups is 1. The van der Waals surface area contributed by atoms with Crippen molar-refractivity contribution in [3.05, 3.63) is 86.3 Å². The molecule has 0 unspecified atom stereocenters. The third kappa shape index (κ3) is 5.14. The highest BCUT2D eigenvalue weighted by Crippen LogP contribution is 2.37. The average molecular weight is 505 g/mol. The zero-order valence-electron chi connectivity index (χ0n) is 15.5. The zero-order valence-corrected chi connectivity index (χ0v) is 18.6. The van der Waals surface area contributed by atoms with E-state index in [1.807, 2.05) is 55.5 Å². The molecule has 0 aliphatic heterocycles. The molecule has 0 aliphatic carbocycles. The minimum Gasteiger partial charge on any atom is -0.493 e. The predicted octanol–water partition coefficient (Wildman–Crippen LogP) is 6.36. The van der Waals surface area contributed by atoms with E-state index in [-0.39, 0.29) is 5.91 Å². The Balaban J connectivity index is 1.78. The number of ether oxygens (including phenoxy) is 2. The van der Waals surface area contributed by atoms with Crippen LogP contribution in [0.3, 0.4) is 0 Å². The van der Waals surface area contributed by atoms with Crippen LogP contribution >= 0.6 is 31.9 Å². The summed E-state index contributed by atoms with van der Waals surface area (Å²) in [5.41, 5.74) is 3.42. The molecule has 0 fully saturated rings. The Morgan fingerprint density at radius 1 is 1.04 bits per heavy atom. The van der Waals surface area contributed by atoms with E-state index in [0.717, 1.165) is 10.0 Å². The van der Waals surface area contributed by atoms with Crippen molar-refractivity contribution >= 4 is 43.5 Å². The summed E-state index contributed by atoms with van der Waals surface area (Å²) in [6.07, 6.45) is 0. The van der Waals surface area contributed by atoms with Crippen molar-refractivity contribution < 1.29 is 14.3 Å². The number of rotatable bonds is 6. The highest BCUT2D eigenvalue weighted by atomic mass is 79.9. The Bertz CT molecular complexity index is 988. The Morgan fingerprint density at radius 3 is 2.46 bits per heavy atom. The lowest BCUT2D eigenvalue weighted by atomic mass is 10.1. The number of methoxy groups -OCH3 is 1. The van der Waals surface area contributed by atoms with Gasteiger partial charge in [-0.25, -0.2) is 0 Å². The molecular formula is C22H19Br2NO3. The molecule has 0 saturated heterocycles. The Labute approximate surface area is 181 Å². The molecule has 6 heteroatoms. The topological polar surface area (TPSA) is 47.6 Å². The van der Waals surface area contributed by atoms with Gasteiger partial charge in [-0.2, -0.15) is 0 Å². The first-order chi connectivity index (χ1) is 13.5. The van der Waals surface area contributed by atoms with E-state index in [1.165, 1.54) is 5.56 Å².